The SMILES string of the molecule is CNC1c2c(O)c(NC(C)=O)cc(C)c2C2CCCCC21. The Morgan fingerprint density at radius 3 is 2.67 bits per heavy atom. The molecule has 3 unspecified atom stereocenters. The Bertz CT molecular complexity index is 583. The van der Waals surface area contributed by atoms with Crippen LogP contribution in [-0.2, 0) is 4.79 Å². The van der Waals surface area contributed by atoms with Crippen LogP contribution in [0.3, 0.4) is 0 Å². The van der Waals surface area contributed by atoms with E-state index in [9.17, 15) is 9.90 Å². The first-order chi connectivity index (χ1) is 10.0. The van der Waals surface area contributed by atoms with Gasteiger partial charge in [-0.05, 0) is 55.8 Å². The highest BCUT2D eigenvalue weighted by atomic mass is 16.3. The van der Waals surface area contributed by atoms with Gasteiger partial charge in [0, 0.05) is 18.5 Å². The zero-order valence-electron chi connectivity index (χ0n) is 13.0. The number of phenolic OH excluding ortho intramolecular Hbond substituents is 1. The molecule has 1 aromatic carbocycles. The fraction of sp³-hybridized carbons (Fsp3) is 0.588. The Labute approximate surface area is 125 Å². The van der Waals surface area contributed by atoms with Crippen molar-refractivity contribution in [2.24, 2.45) is 5.92 Å². The van der Waals surface area contributed by atoms with E-state index in [1.807, 2.05) is 13.1 Å². The van der Waals surface area contributed by atoms with Gasteiger partial charge >= 0.3 is 0 Å². The largest absolute Gasteiger partial charge is 0.505 e. The second-order valence-electron chi connectivity index (χ2n) is 6.42. The van der Waals surface area contributed by atoms with Crippen LogP contribution in [0, 0.1) is 12.8 Å². The van der Waals surface area contributed by atoms with Gasteiger partial charge in [0.2, 0.25) is 5.91 Å². The van der Waals surface area contributed by atoms with Crippen molar-refractivity contribution in [3.05, 3.63) is 22.8 Å². The molecule has 2 aliphatic rings. The summed E-state index contributed by atoms with van der Waals surface area (Å²) in [6.07, 6.45) is 4.95. The van der Waals surface area contributed by atoms with Crippen molar-refractivity contribution in [3.8, 4) is 5.75 Å². The van der Waals surface area contributed by atoms with Crippen LogP contribution in [0.15, 0.2) is 6.07 Å². The third-order valence-electron chi connectivity index (χ3n) is 5.14. The fourth-order valence-corrected chi connectivity index (χ4v) is 4.43. The van der Waals surface area contributed by atoms with Crippen molar-refractivity contribution < 1.29 is 9.90 Å². The highest BCUT2D eigenvalue weighted by Crippen LogP contribution is 2.56. The van der Waals surface area contributed by atoms with Crippen molar-refractivity contribution in [2.75, 3.05) is 12.4 Å². The number of carbonyl (C=O) groups is 1. The Morgan fingerprint density at radius 2 is 2.00 bits per heavy atom. The molecule has 3 atom stereocenters. The molecular formula is C17H24N2O2. The third kappa shape index (κ3) is 2.22. The summed E-state index contributed by atoms with van der Waals surface area (Å²) < 4.78 is 0. The molecule has 0 heterocycles. The number of rotatable bonds is 2. The van der Waals surface area contributed by atoms with Crippen molar-refractivity contribution in [1.29, 1.82) is 0 Å². The molecule has 1 saturated carbocycles. The molecule has 4 heteroatoms. The molecule has 1 fully saturated rings. The molecule has 1 amide bonds. The van der Waals surface area contributed by atoms with Crippen molar-refractivity contribution in [3.63, 3.8) is 0 Å². The molecule has 0 aromatic heterocycles. The zero-order chi connectivity index (χ0) is 15.1. The van der Waals surface area contributed by atoms with Gasteiger partial charge in [-0.2, -0.15) is 0 Å². The van der Waals surface area contributed by atoms with Crippen LogP contribution in [0.4, 0.5) is 5.69 Å². The van der Waals surface area contributed by atoms with Gasteiger partial charge in [0.1, 0.15) is 5.75 Å². The minimum absolute atomic E-state index is 0.152. The second kappa shape index (κ2) is 5.34. The molecule has 3 N–H and O–H groups in total. The molecule has 3 rings (SSSR count). The van der Waals surface area contributed by atoms with Crippen LogP contribution in [-0.4, -0.2) is 18.1 Å². The van der Waals surface area contributed by atoms with Gasteiger partial charge in [-0.15, -0.1) is 0 Å². The van der Waals surface area contributed by atoms with E-state index in [-0.39, 0.29) is 17.7 Å². The lowest BCUT2D eigenvalue weighted by Gasteiger charge is -2.29. The summed E-state index contributed by atoms with van der Waals surface area (Å²) in [6, 6.07) is 2.11. The van der Waals surface area contributed by atoms with Gasteiger partial charge in [0.25, 0.3) is 0 Å². The number of anilines is 1. The number of aromatic hydroxyl groups is 1. The lowest BCUT2D eigenvalue weighted by atomic mass is 9.78. The molecule has 114 valence electrons. The molecule has 4 nitrogen and oxygen atoms in total. The molecule has 0 bridgehead atoms. The van der Waals surface area contributed by atoms with E-state index in [2.05, 4.69) is 17.6 Å². The Kier molecular flexibility index (Phi) is 3.66. The molecule has 1 aromatic rings. The third-order valence-corrected chi connectivity index (χ3v) is 5.14. The second-order valence-corrected chi connectivity index (χ2v) is 6.42. The number of hydrogen-bond acceptors (Lipinski definition) is 3. The van der Waals surface area contributed by atoms with Crippen LogP contribution in [0.5, 0.6) is 5.75 Å². The smallest absolute Gasteiger partial charge is 0.221 e. The first-order valence-corrected chi connectivity index (χ1v) is 7.85. The maximum atomic E-state index is 11.3. The number of hydrogen-bond donors (Lipinski definition) is 3. The Hall–Kier alpha value is -1.55. The number of amides is 1. The average Bonchev–Trinajstić information content (AvgIpc) is 2.78. The van der Waals surface area contributed by atoms with E-state index in [4.69, 9.17) is 0 Å². The zero-order valence-corrected chi connectivity index (χ0v) is 13.0. The summed E-state index contributed by atoms with van der Waals surface area (Å²) in [5.41, 5.74) is 4.04. The predicted molar refractivity (Wildman–Crippen MR) is 83.6 cm³/mol. The maximum absolute atomic E-state index is 11.3. The molecular weight excluding hydrogens is 264 g/mol. The Balaban J connectivity index is 2.14. The van der Waals surface area contributed by atoms with Gasteiger partial charge in [-0.25, -0.2) is 0 Å². The van der Waals surface area contributed by atoms with Crippen molar-refractivity contribution in [1.82, 2.24) is 5.32 Å². The molecule has 21 heavy (non-hydrogen) atoms. The van der Waals surface area contributed by atoms with E-state index in [0.29, 0.717) is 17.5 Å². The lowest BCUT2D eigenvalue weighted by molar-refractivity contribution is -0.114. The van der Waals surface area contributed by atoms with E-state index >= 15 is 0 Å². The molecule has 0 spiro atoms. The molecule has 0 saturated heterocycles. The van der Waals surface area contributed by atoms with Crippen molar-refractivity contribution >= 4 is 11.6 Å². The number of aryl methyl sites for hydroxylation is 1. The van der Waals surface area contributed by atoms with E-state index in [0.717, 1.165) is 5.56 Å². The summed E-state index contributed by atoms with van der Waals surface area (Å²) in [5, 5.41) is 16.8. The summed E-state index contributed by atoms with van der Waals surface area (Å²) in [5.74, 6) is 1.21. The summed E-state index contributed by atoms with van der Waals surface area (Å²) >= 11 is 0. The van der Waals surface area contributed by atoms with Crippen LogP contribution >= 0.6 is 0 Å². The number of nitrogens with one attached hydrogen (secondary N) is 2. The minimum Gasteiger partial charge on any atom is -0.505 e. The standard InChI is InChI=1S/C17H24N2O2/c1-9-8-13(19-10(2)20)17(21)15-14(9)11-6-4-5-7-12(11)16(15)18-3/h8,11-12,16,18,21H,4-7H2,1-3H3,(H,19,20). The van der Waals surface area contributed by atoms with Gasteiger partial charge < -0.3 is 15.7 Å². The number of fused-ring (bicyclic) bond motifs is 3. The fourth-order valence-electron chi connectivity index (χ4n) is 4.43. The Morgan fingerprint density at radius 1 is 1.29 bits per heavy atom. The predicted octanol–water partition coefficient (Wildman–Crippen LogP) is 3.21. The van der Waals surface area contributed by atoms with Gasteiger partial charge in [-0.1, -0.05) is 12.8 Å². The summed E-state index contributed by atoms with van der Waals surface area (Å²) in [4.78, 5) is 11.3. The van der Waals surface area contributed by atoms with Crippen LogP contribution in [0.1, 0.15) is 61.3 Å². The number of phenols is 1. The van der Waals surface area contributed by atoms with E-state index in [1.165, 1.54) is 43.7 Å². The van der Waals surface area contributed by atoms with Gasteiger partial charge in [0.15, 0.2) is 0 Å². The normalized spacial score (nSPS) is 27.1. The minimum atomic E-state index is -0.152. The van der Waals surface area contributed by atoms with Crippen LogP contribution in [0.2, 0.25) is 0 Å². The topological polar surface area (TPSA) is 61.4 Å². The van der Waals surface area contributed by atoms with Gasteiger partial charge in [0.05, 0.1) is 5.69 Å². The number of benzene rings is 1. The highest BCUT2D eigenvalue weighted by Gasteiger charge is 2.44. The van der Waals surface area contributed by atoms with E-state index < -0.39 is 0 Å². The van der Waals surface area contributed by atoms with Crippen molar-refractivity contribution in [2.45, 2.75) is 51.5 Å². The van der Waals surface area contributed by atoms with Crippen LogP contribution in [0.25, 0.3) is 0 Å². The lowest BCUT2D eigenvalue weighted by Crippen LogP contribution is -2.25. The van der Waals surface area contributed by atoms with Gasteiger partial charge in [-0.3, -0.25) is 4.79 Å². The molecule has 0 radical (unpaired) electrons. The van der Waals surface area contributed by atoms with E-state index in [1.54, 1.807) is 0 Å². The van der Waals surface area contributed by atoms with Crippen LogP contribution < -0.4 is 10.6 Å². The highest BCUT2D eigenvalue weighted by molar-refractivity contribution is 5.91. The monoisotopic (exact) mass is 288 g/mol. The summed E-state index contributed by atoms with van der Waals surface area (Å²) in [6.45, 7) is 3.56. The summed E-state index contributed by atoms with van der Waals surface area (Å²) in [7, 11) is 1.96. The molecule has 0 aliphatic heterocycles. The quantitative estimate of drug-likeness (QED) is 0.732. The number of carbonyl (C=O) groups excluding carboxylic acids is 1. The molecule has 2 aliphatic carbocycles. The first-order valence-electron chi connectivity index (χ1n) is 7.85. The average molecular weight is 288 g/mol. The maximum Gasteiger partial charge on any atom is 0.221 e. The first kappa shape index (κ1) is 14.4.